The number of hydrogen-bond donors (Lipinski definition) is 0. The van der Waals surface area contributed by atoms with Crippen molar-refractivity contribution in [2.45, 2.75) is 58.0 Å². The molecular formula is C15H28N2O3. The number of likely N-dealkylation sites (N-methyl/N-ethyl adjacent to an activating group) is 1. The van der Waals surface area contributed by atoms with Gasteiger partial charge >= 0.3 is 5.97 Å². The predicted molar refractivity (Wildman–Crippen MR) is 78.4 cm³/mol. The van der Waals surface area contributed by atoms with Crippen LogP contribution in [0.15, 0.2) is 0 Å². The van der Waals surface area contributed by atoms with E-state index in [-0.39, 0.29) is 11.9 Å². The summed E-state index contributed by atoms with van der Waals surface area (Å²) in [6, 6.07) is 0.685. The maximum atomic E-state index is 12.4. The van der Waals surface area contributed by atoms with E-state index >= 15 is 0 Å². The molecule has 1 fully saturated rings. The Labute approximate surface area is 122 Å². The lowest BCUT2D eigenvalue weighted by molar-refractivity contribution is -0.140. The summed E-state index contributed by atoms with van der Waals surface area (Å²) in [5.41, 5.74) is 0. The van der Waals surface area contributed by atoms with Gasteiger partial charge < -0.3 is 9.64 Å². The fraction of sp³-hybridized carbons (Fsp3) is 0.867. The third-order valence-electron chi connectivity index (χ3n) is 4.04. The lowest BCUT2D eigenvalue weighted by Crippen LogP contribution is -2.50. The first-order chi connectivity index (χ1) is 9.45. The van der Waals surface area contributed by atoms with Gasteiger partial charge in [-0.25, -0.2) is 0 Å². The van der Waals surface area contributed by atoms with Crippen molar-refractivity contribution in [2.24, 2.45) is 0 Å². The number of ether oxygens (including phenoxy) is 1. The average Bonchev–Trinajstić information content (AvgIpc) is 2.38. The van der Waals surface area contributed by atoms with E-state index in [9.17, 15) is 9.59 Å². The van der Waals surface area contributed by atoms with Crippen molar-refractivity contribution < 1.29 is 14.3 Å². The Kier molecular flexibility index (Phi) is 6.99. The van der Waals surface area contributed by atoms with Crippen molar-refractivity contribution in [2.75, 3.05) is 27.2 Å². The molecule has 0 N–H and O–H groups in total. The zero-order valence-electron chi connectivity index (χ0n) is 13.2. The lowest BCUT2D eigenvalue weighted by atomic mass is 9.97. The van der Waals surface area contributed by atoms with Gasteiger partial charge in [0.1, 0.15) is 0 Å². The molecule has 5 heteroatoms. The molecule has 116 valence electrons. The standard InChI is InChI=1S/C15H28N2O3/c1-12-7-5-8-13(2)17(12)14(18)11-16(3)10-6-9-15(19)20-4/h12-13H,5-11H2,1-4H3. The summed E-state index contributed by atoms with van der Waals surface area (Å²) >= 11 is 0. The Hall–Kier alpha value is -1.10. The van der Waals surface area contributed by atoms with Crippen molar-refractivity contribution in [1.82, 2.24) is 9.80 Å². The Morgan fingerprint density at radius 2 is 1.85 bits per heavy atom. The maximum absolute atomic E-state index is 12.4. The molecule has 0 aromatic carbocycles. The predicted octanol–water partition coefficient (Wildman–Crippen LogP) is 1.66. The minimum absolute atomic E-state index is 0.192. The first kappa shape index (κ1) is 17.0. The molecule has 1 saturated heterocycles. The van der Waals surface area contributed by atoms with Crippen LogP contribution in [0.25, 0.3) is 0 Å². The molecule has 2 atom stereocenters. The highest BCUT2D eigenvalue weighted by Gasteiger charge is 2.29. The van der Waals surface area contributed by atoms with E-state index in [2.05, 4.69) is 18.6 Å². The van der Waals surface area contributed by atoms with E-state index in [1.165, 1.54) is 13.5 Å². The van der Waals surface area contributed by atoms with Gasteiger partial charge in [0.2, 0.25) is 5.91 Å². The summed E-state index contributed by atoms with van der Waals surface area (Å²) in [6.07, 6.45) is 4.54. The van der Waals surface area contributed by atoms with Crippen LogP contribution in [0.2, 0.25) is 0 Å². The monoisotopic (exact) mass is 284 g/mol. The van der Waals surface area contributed by atoms with Crippen molar-refractivity contribution in [1.29, 1.82) is 0 Å². The van der Waals surface area contributed by atoms with Gasteiger partial charge in [0.15, 0.2) is 0 Å². The smallest absolute Gasteiger partial charge is 0.305 e. The van der Waals surface area contributed by atoms with Crippen LogP contribution in [0.5, 0.6) is 0 Å². The van der Waals surface area contributed by atoms with E-state index in [4.69, 9.17) is 0 Å². The van der Waals surface area contributed by atoms with Gasteiger partial charge in [-0.2, -0.15) is 0 Å². The van der Waals surface area contributed by atoms with Gasteiger partial charge in [-0.1, -0.05) is 0 Å². The summed E-state index contributed by atoms with van der Waals surface area (Å²) in [6.45, 7) is 5.42. The van der Waals surface area contributed by atoms with Gasteiger partial charge in [0.05, 0.1) is 13.7 Å². The number of likely N-dealkylation sites (tertiary alicyclic amines) is 1. The van der Waals surface area contributed by atoms with E-state index in [0.717, 1.165) is 25.8 Å². The number of carbonyl (C=O) groups excluding carboxylic acids is 2. The second-order valence-corrected chi connectivity index (χ2v) is 5.85. The van der Waals surface area contributed by atoms with Crippen LogP contribution >= 0.6 is 0 Å². The number of amides is 1. The van der Waals surface area contributed by atoms with Crippen LogP contribution in [-0.4, -0.2) is 61.0 Å². The third-order valence-corrected chi connectivity index (χ3v) is 4.04. The maximum Gasteiger partial charge on any atom is 0.305 e. The number of rotatable bonds is 6. The zero-order chi connectivity index (χ0) is 15.1. The van der Waals surface area contributed by atoms with Crippen molar-refractivity contribution in [3.8, 4) is 0 Å². The van der Waals surface area contributed by atoms with E-state index < -0.39 is 0 Å². The van der Waals surface area contributed by atoms with Crippen molar-refractivity contribution >= 4 is 11.9 Å². The Bertz CT molecular complexity index is 323. The summed E-state index contributed by atoms with van der Waals surface area (Å²) in [4.78, 5) is 27.4. The number of piperidine rings is 1. The lowest BCUT2D eigenvalue weighted by Gasteiger charge is -2.39. The molecule has 0 aliphatic carbocycles. The molecule has 0 saturated carbocycles. The number of hydrogen-bond acceptors (Lipinski definition) is 4. The quantitative estimate of drug-likeness (QED) is 0.696. The zero-order valence-corrected chi connectivity index (χ0v) is 13.2. The Balaban J connectivity index is 2.34. The van der Waals surface area contributed by atoms with Gasteiger partial charge in [-0.3, -0.25) is 14.5 Å². The van der Waals surface area contributed by atoms with Crippen molar-refractivity contribution in [3.05, 3.63) is 0 Å². The molecule has 0 spiro atoms. The molecule has 0 aromatic rings. The van der Waals surface area contributed by atoms with Gasteiger partial charge in [0.25, 0.3) is 0 Å². The highest BCUT2D eigenvalue weighted by molar-refractivity contribution is 5.79. The Morgan fingerprint density at radius 1 is 1.25 bits per heavy atom. The molecule has 0 radical (unpaired) electrons. The van der Waals surface area contributed by atoms with Gasteiger partial charge in [0, 0.05) is 18.5 Å². The first-order valence-electron chi connectivity index (χ1n) is 7.52. The molecule has 0 aromatic heterocycles. The normalized spacial score (nSPS) is 22.9. The first-order valence-corrected chi connectivity index (χ1v) is 7.52. The second-order valence-electron chi connectivity index (χ2n) is 5.85. The van der Waals surface area contributed by atoms with Crippen molar-refractivity contribution in [3.63, 3.8) is 0 Å². The van der Waals surface area contributed by atoms with E-state index in [1.54, 1.807) is 0 Å². The summed E-state index contributed by atoms with van der Waals surface area (Å²) in [5, 5.41) is 0. The van der Waals surface area contributed by atoms with Gasteiger partial charge in [-0.15, -0.1) is 0 Å². The minimum Gasteiger partial charge on any atom is -0.469 e. The number of methoxy groups -OCH3 is 1. The second kappa shape index (κ2) is 8.25. The van der Waals surface area contributed by atoms with Crippen LogP contribution in [0.4, 0.5) is 0 Å². The molecule has 20 heavy (non-hydrogen) atoms. The molecule has 1 aliphatic heterocycles. The van der Waals surface area contributed by atoms with Crippen LogP contribution in [0.1, 0.15) is 46.0 Å². The SMILES string of the molecule is COC(=O)CCCN(C)CC(=O)N1C(C)CCCC1C. The average molecular weight is 284 g/mol. The summed E-state index contributed by atoms with van der Waals surface area (Å²) < 4.78 is 4.60. The number of carbonyl (C=O) groups is 2. The third kappa shape index (κ3) is 5.12. The highest BCUT2D eigenvalue weighted by Crippen LogP contribution is 2.22. The largest absolute Gasteiger partial charge is 0.469 e. The van der Waals surface area contributed by atoms with Crippen LogP contribution < -0.4 is 0 Å². The molecular weight excluding hydrogens is 256 g/mol. The highest BCUT2D eigenvalue weighted by atomic mass is 16.5. The number of nitrogens with zero attached hydrogens (tertiary/aromatic N) is 2. The minimum atomic E-state index is -0.192. The fourth-order valence-corrected chi connectivity index (χ4v) is 2.90. The molecule has 1 amide bonds. The molecule has 1 heterocycles. The molecule has 0 bridgehead atoms. The summed E-state index contributed by atoms with van der Waals surface area (Å²) in [7, 11) is 3.32. The topological polar surface area (TPSA) is 49.9 Å². The van der Waals surface area contributed by atoms with E-state index in [0.29, 0.717) is 25.0 Å². The Morgan fingerprint density at radius 3 is 2.40 bits per heavy atom. The fourth-order valence-electron chi connectivity index (χ4n) is 2.90. The molecule has 5 nitrogen and oxygen atoms in total. The van der Waals surface area contributed by atoms with Crippen LogP contribution in [0, 0.1) is 0 Å². The number of esters is 1. The van der Waals surface area contributed by atoms with Crippen LogP contribution in [0.3, 0.4) is 0 Å². The summed E-state index contributed by atoms with van der Waals surface area (Å²) in [5.74, 6) is 0.00766. The van der Waals surface area contributed by atoms with Crippen LogP contribution in [-0.2, 0) is 14.3 Å². The molecule has 1 aliphatic rings. The molecule has 2 unspecified atom stereocenters. The molecule has 1 rings (SSSR count). The van der Waals surface area contributed by atoms with E-state index in [1.807, 2.05) is 16.8 Å². The van der Waals surface area contributed by atoms with Gasteiger partial charge in [-0.05, 0) is 53.1 Å².